The molecule has 4 heteroatoms. The molecule has 1 saturated heterocycles. The van der Waals surface area contributed by atoms with E-state index in [4.69, 9.17) is 5.73 Å². The molecule has 2 rings (SSSR count). The number of likely N-dealkylation sites (tertiary alicyclic amines) is 1. The molecule has 1 aromatic carbocycles. The van der Waals surface area contributed by atoms with Gasteiger partial charge >= 0.3 is 0 Å². The summed E-state index contributed by atoms with van der Waals surface area (Å²) in [4.78, 5) is 25.4. The number of nitrogens with zero attached hydrogens (tertiary/aromatic N) is 1. The third kappa shape index (κ3) is 2.23. The quantitative estimate of drug-likeness (QED) is 0.640. The van der Waals surface area contributed by atoms with Crippen LogP contribution in [0.4, 0.5) is 5.69 Å². The first-order valence-corrected chi connectivity index (χ1v) is 6.20. The lowest BCUT2D eigenvalue weighted by Gasteiger charge is -2.33. The lowest BCUT2D eigenvalue weighted by Crippen LogP contribution is -2.46. The molecule has 1 fully saturated rings. The summed E-state index contributed by atoms with van der Waals surface area (Å²) in [5.74, 6) is -0.287. The third-order valence-electron chi connectivity index (χ3n) is 3.33. The number of benzene rings is 1. The molecule has 0 spiro atoms. The SMILES string of the molecule is CC(C)N1C(=O)CC(c2ccccc2N)CC1=O. The fourth-order valence-corrected chi connectivity index (χ4v) is 2.51. The number of carbonyl (C=O) groups is 2. The number of imide groups is 1. The Hall–Kier alpha value is -1.84. The normalized spacial score (nSPS) is 17.6. The van der Waals surface area contributed by atoms with Crippen LogP contribution in [-0.4, -0.2) is 22.8 Å². The number of hydrogen-bond acceptors (Lipinski definition) is 3. The Morgan fingerprint density at radius 1 is 1.17 bits per heavy atom. The molecule has 2 N–H and O–H groups in total. The number of nitrogens with two attached hydrogens (primary N) is 1. The average molecular weight is 246 g/mol. The van der Waals surface area contributed by atoms with Crippen molar-refractivity contribution in [2.75, 3.05) is 5.73 Å². The summed E-state index contributed by atoms with van der Waals surface area (Å²) in [6, 6.07) is 7.37. The van der Waals surface area contributed by atoms with E-state index in [-0.39, 0.29) is 23.8 Å². The summed E-state index contributed by atoms with van der Waals surface area (Å²) in [5, 5.41) is 0. The van der Waals surface area contributed by atoms with Gasteiger partial charge in [-0.05, 0) is 25.5 Å². The number of nitrogen functional groups attached to an aromatic ring is 1. The van der Waals surface area contributed by atoms with Crippen LogP contribution >= 0.6 is 0 Å². The highest BCUT2D eigenvalue weighted by Gasteiger charge is 2.35. The fourth-order valence-electron chi connectivity index (χ4n) is 2.51. The van der Waals surface area contributed by atoms with Gasteiger partial charge in [0.25, 0.3) is 0 Å². The first kappa shape index (κ1) is 12.6. The van der Waals surface area contributed by atoms with Gasteiger partial charge in [-0.2, -0.15) is 0 Å². The van der Waals surface area contributed by atoms with E-state index in [9.17, 15) is 9.59 Å². The maximum Gasteiger partial charge on any atom is 0.230 e. The van der Waals surface area contributed by atoms with Gasteiger partial charge in [0.05, 0.1) is 0 Å². The lowest BCUT2D eigenvalue weighted by molar-refractivity contribution is -0.150. The van der Waals surface area contributed by atoms with E-state index < -0.39 is 0 Å². The van der Waals surface area contributed by atoms with Crippen molar-refractivity contribution in [1.82, 2.24) is 4.90 Å². The molecule has 0 aliphatic carbocycles. The predicted octanol–water partition coefficient (Wildman–Crippen LogP) is 1.91. The summed E-state index contributed by atoms with van der Waals surface area (Å²) in [5.41, 5.74) is 7.46. The molecule has 1 aliphatic rings. The minimum absolute atomic E-state index is 0.0703. The Morgan fingerprint density at radius 2 is 1.72 bits per heavy atom. The summed E-state index contributed by atoms with van der Waals surface area (Å²) < 4.78 is 0. The zero-order valence-corrected chi connectivity index (χ0v) is 10.7. The highest BCUT2D eigenvalue weighted by molar-refractivity contribution is 5.99. The lowest BCUT2D eigenvalue weighted by atomic mass is 9.87. The van der Waals surface area contributed by atoms with Gasteiger partial charge in [-0.25, -0.2) is 0 Å². The molecule has 2 amide bonds. The van der Waals surface area contributed by atoms with E-state index in [1.807, 2.05) is 32.0 Å². The Bertz CT molecular complexity index is 464. The molecule has 4 nitrogen and oxygen atoms in total. The van der Waals surface area contributed by atoms with Gasteiger partial charge in [0.1, 0.15) is 0 Å². The number of hydrogen-bond donors (Lipinski definition) is 1. The minimum atomic E-state index is -0.102. The van der Waals surface area contributed by atoms with Crippen LogP contribution in [0.3, 0.4) is 0 Å². The van der Waals surface area contributed by atoms with Crippen molar-refractivity contribution in [1.29, 1.82) is 0 Å². The topological polar surface area (TPSA) is 63.4 Å². The van der Waals surface area contributed by atoms with Crippen LogP contribution < -0.4 is 5.73 Å². The van der Waals surface area contributed by atoms with E-state index in [0.29, 0.717) is 18.5 Å². The van der Waals surface area contributed by atoms with Crippen molar-refractivity contribution in [3.63, 3.8) is 0 Å². The van der Waals surface area contributed by atoms with Gasteiger partial charge in [0.2, 0.25) is 11.8 Å². The first-order chi connectivity index (χ1) is 8.50. The molecule has 0 saturated carbocycles. The molecule has 96 valence electrons. The maximum atomic E-state index is 12.0. The van der Waals surface area contributed by atoms with Crippen LogP contribution in [0.25, 0.3) is 0 Å². The van der Waals surface area contributed by atoms with Crippen LogP contribution in [0.2, 0.25) is 0 Å². The van der Waals surface area contributed by atoms with Crippen LogP contribution in [-0.2, 0) is 9.59 Å². The van der Waals surface area contributed by atoms with Gasteiger partial charge in [-0.3, -0.25) is 14.5 Å². The highest BCUT2D eigenvalue weighted by Crippen LogP contribution is 2.33. The largest absolute Gasteiger partial charge is 0.398 e. The zero-order chi connectivity index (χ0) is 13.3. The van der Waals surface area contributed by atoms with Crippen LogP contribution in [0.15, 0.2) is 24.3 Å². The van der Waals surface area contributed by atoms with Gasteiger partial charge in [-0.15, -0.1) is 0 Å². The van der Waals surface area contributed by atoms with Gasteiger partial charge < -0.3 is 5.73 Å². The van der Waals surface area contributed by atoms with Crippen LogP contribution in [0, 0.1) is 0 Å². The Kier molecular flexibility index (Phi) is 3.36. The molecule has 0 radical (unpaired) electrons. The predicted molar refractivity (Wildman–Crippen MR) is 69.8 cm³/mol. The molecular weight excluding hydrogens is 228 g/mol. The maximum absolute atomic E-state index is 12.0. The molecule has 18 heavy (non-hydrogen) atoms. The Balaban J connectivity index is 2.24. The fraction of sp³-hybridized carbons (Fsp3) is 0.429. The number of para-hydroxylation sites is 1. The average Bonchev–Trinajstić information content (AvgIpc) is 2.27. The molecule has 1 heterocycles. The van der Waals surface area contributed by atoms with Crippen molar-refractivity contribution in [3.8, 4) is 0 Å². The second-order valence-electron chi connectivity index (χ2n) is 4.99. The van der Waals surface area contributed by atoms with Gasteiger partial charge in [0, 0.05) is 30.5 Å². The number of anilines is 1. The van der Waals surface area contributed by atoms with E-state index in [2.05, 4.69) is 0 Å². The summed E-state index contributed by atoms with van der Waals surface area (Å²) in [6.07, 6.45) is 0.719. The molecule has 0 aromatic heterocycles. The first-order valence-electron chi connectivity index (χ1n) is 6.20. The summed E-state index contributed by atoms with van der Waals surface area (Å²) >= 11 is 0. The Morgan fingerprint density at radius 3 is 2.22 bits per heavy atom. The van der Waals surface area contributed by atoms with Crippen molar-refractivity contribution < 1.29 is 9.59 Å². The summed E-state index contributed by atoms with van der Waals surface area (Å²) in [7, 11) is 0. The monoisotopic (exact) mass is 246 g/mol. The van der Waals surface area contributed by atoms with E-state index in [1.54, 1.807) is 6.07 Å². The molecule has 1 aliphatic heterocycles. The minimum Gasteiger partial charge on any atom is -0.398 e. The van der Waals surface area contributed by atoms with Crippen LogP contribution in [0.5, 0.6) is 0 Å². The van der Waals surface area contributed by atoms with Gasteiger partial charge in [0.15, 0.2) is 0 Å². The molecule has 0 atom stereocenters. The number of rotatable bonds is 2. The highest BCUT2D eigenvalue weighted by atomic mass is 16.2. The zero-order valence-electron chi connectivity index (χ0n) is 10.7. The third-order valence-corrected chi connectivity index (χ3v) is 3.33. The van der Waals surface area contributed by atoms with Crippen molar-refractivity contribution in [2.24, 2.45) is 0 Å². The number of piperidine rings is 1. The van der Waals surface area contributed by atoms with Crippen LogP contribution in [0.1, 0.15) is 38.2 Å². The Labute approximate surface area is 107 Å². The molecule has 0 unspecified atom stereocenters. The number of carbonyl (C=O) groups excluding carboxylic acids is 2. The standard InChI is InChI=1S/C14H18N2O2/c1-9(2)16-13(17)7-10(8-14(16)18)11-5-3-4-6-12(11)15/h3-6,9-10H,7-8,15H2,1-2H3. The van der Waals surface area contributed by atoms with Crippen molar-refractivity contribution >= 4 is 17.5 Å². The van der Waals surface area contributed by atoms with Gasteiger partial charge in [-0.1, -0.05) is 18.2 Å². The number of amides is 2. The molecular formula is C14H18N2O2. The summed E-state index contributed by atoms with van der Waals surface area (Å²) in [6.45, 7) is 3.71. The smallest absolute Gasteiger partial charge is 0.230 e. The van der Waals surface area contributed by atoms with E-state index >= 15 is 0 Å². The second-order valence-corrected chi connectivity index (χ2v) is 4.99. The van der Waals surface area contributed by atoms with E-state index in [1.165, 1.54) is 4.90 Å². The van der Waals surface area contributed by atoms with Crippen molar-refractivity contribution in [3.05, 3.63) is 29.8 Å². The molecule has 1 aromatic rings. The van der Waals surface area contributed by atoms with E-state index in [0.717, 1.165) is 5.56 Å². The molecule has 0 bridgehead atoms. The second kappa shape index (κ2) is 4.80. The van der Waals surface area contributed by atoms with Crippen molar-refractivity contribution in [2.45, 2.75) is 38.6 Å².